The molecule has 1 aliphatic heterocycles. The highest BCUT2D eigenvalue weighted by atomic mass is 32.2. The van der Waals surface area contributed by atoms with E-state index < -0.39 is 15.6 Å². The summed E-state index contributed by atoms with van der Waals surface area (Å²) < 4.78 is 43.8. The fourth-order valence-electron chi connectivity index (χ4n) is 4.31. The summed E-state index contributed by atoms with van der Waals surface area (Å²) in [5.41, 5.74) is 0.193. The van der Waals surface area contributed by atoms with Crippen LogP contribution in [0.3, 0.4) is 0 Å². The van der Waals surface area contributed by atoms with E-state index in [2.05, 4.69) is 10.3 Å². The van der Waals surface area contributed by atoms with Crippen LogP contribution in [0.5, 0.6) is 11.5 Å². The maximum Gasteiger partial charge on any atom is 0.245 e. The zero-order valence-corrected chi connectivity index (χ0v) is 21.4. The minimum atomic E-state index is -3.89. The van der Waals surface area contributed by atoms with E-state index in [1.165, 1.54) is 22.1 Å². The minimum Gasteiger partial charge on any atom is -0.497 e. The smallest absolute Gasteiger partial charge is 0.245 e. The Balaban J connectivity index is 1.37. The number of methoxy groups -OCH3 is 2. The predicted octanol–water partition coefficient (Wildman–Crippen LogP) is 4.06. The molecule has 1 aromatic heterocycles. The molecule has 0 saturated carbocycles. The summed E-state index contributed by atoms with van der Waals surface area (Å²) in [6.07, 6.45) is 0.536. The topological polar surface area (TPSA) is 115 Å². The lowest BCUT2D eigenvalue weighted by molar-refractivity contribution is -0.00963. The summed E-state index contributed by atoms with van der Waals surface area (Å²) >= 11 is 1.43. The van der Waals surface area contributed by atoms with Crippen LogP contribution in [-0.4, -0.2) is 55.5 Å². The molecule has 5 rings (SSSR count). The molecule has 0 spiro atoms. The number of ether oxygens (including phenoxy) is 2. The first-order valence-electron chi connectivity index (χ1n) is 11.3. The highest BCUT2D eigenvalue weighted by Crippen LogP contribution is 2.38. The highest BCUT2D eigenvalue weighted by molar-refractivity contribution is 7.99. The first-order chi connectivity index (χ1) is 17.3. The highest BCUT2D eigenvalue weighted by Gasteiger charge is 2.39. The number of aromatic nitrogens is 2. The van der Waals surface area contributed by atoms with Crippen molar-refractivity contribution < 1.29 is 27.6 Å². The van der Waals surface area contributed by atoms with Crippen LogP contribution in [0.4, 0.5) is 0 Å². The molecule has 11 heteroatoms. The van der Waals surface area contributed by atoms with Gasteiger partial charge in [-0.2, -0.15) is 4.31 Å². The molecule has 4 aromatic rings. The molecule has 0 aliphatic carbocycles. The average molecular weight is 528 g/mol. The third-order valence-corrected chi connectivity index (χ3v) is 9.41. The maximum atomic E-state index is 13.6. The first kappa shape index (κ1) is 24.6. The lowest BCUT2D eigenvalue weighted by Crippen LogP contribution is -2.45. The molecule has 3 aromatic carbocycles. The average Bonchev–Trinajstić information content (AvgIpc) is 3.40. The van der Waals surface area contributed by atoms with Crippen molar-refractivity contribution in [3.63, 3.8) is 0 Å². The van der Waals surface area contributed by atoms with Crippen molar-refractivity contribution >= 4 is 32.8 Å². The van der Waals surface area contributed by atoms with E-state index in [-0.39, 0.29) is 36.3 Å². The number of hydrogen-bond acceptors (Lipinski definition) is 9. The zero-order valence-electron chi connectivity index (χ0n) is 19.7. The van der Waals surface area contributed by atoms with Crippen LogP contribution in [0.25, 0.3) is 11.0 Å². The largest absolute Gasteiger partial charge is 0.497 e. The number of nitrogens with zero attached hydrogens (tertiary/aromatic N) is 3. The number of rotatable bonds is 7. The van der Waals surface area contributed by atoms with E-state index >= 15 is 0 Å². The lowest BCUT2D eigenvalue weighted by Gasteiger charge is -2.37. The fraction of sp³-hybridized carbons (Fsp3) is 0.280. The van der Waals surface area contributed by atoms with Gasteiger partial charge in [0.15, 0.2) is 11.0 Å². The van der Waals surface area contributed by atoms with E-state index in [0.29, 0.717) is 11.3 Å². The molecule has 1 saturated heterocycles. The van der Waals surface area contributed by atoms with Gasteiger partial charge in [-0.1, -0.05) is 23.9 Å². The number of sulfonamides is 1. The van der Waals surface area contributed by atoms with Gasteiger partial charge in [0.25, 0.3) is 0 Å². The van der Waals surface area contributed by atoms with Crippen molar-refractivity contribution in [3.8, 4) is 11.5 Å². The maximum absolute atomic E-state index is 13.6. The Morgan fingerprint density at radius 2 is 1.47 bits per heavy atom. The molecule has 36 heavy (non-hydrogen) atoms. The van der Waals surface area contributed by atoms with Crippen molar-refractivity contribution in [2.75, 3.05) is 27.3 Å². The van der Waals surface area contributed by atoms with E-state index in [1.54, 1.807) is 32.4 Å². The lowest BCUT2D eigenvalue weighted by atomic mass is 9.85. The molecule has 0 amide bonds. The SMILES string of the molecule is COc1ccc(Sc2ccc(S(=O)(=O)N3CCC(O)(c4ccc(OC)cc4)CC3)c3nonc23)cc1. The molecule has 188 valence electrons. The second kappa shape index (κ2) is 9.74. The van der Waals surface area contributed by atoms with Gasteiger partial charge in [-0.3, -0.25) is 0 Å². The summed E-state index contributed by atoms with van der Waals surface area (Å²) in [6.45, 7) is 0.333. The quantitative estimate of drug-likeness (QED) is 0.380. The summed E-state index contributed by atoms with van der Waals surface area (Å²) in [4.78, 5) is 1.69. The second-order valence-electron chi connectivity index (χ2n) is 8.47. The standard InChI is InChI=1S/C25H25N3O6S2/c1-32-18-5-3-17(4-6-18)25(29)13-15-28(16-14-25)36(30,31)22-12-11-21(23-24(22)27-34-26-23)35-20-9-7-19(33-2)8-10-20/h3-12,29H,13-16H2,1-2H3. The van der Waals surface area contributed by atoms with Gasteiger partial charge in [0, 0.05) is 22.9 Å². The van der Waals surface area contributed by atoms with Crippen molar-refractivity contribution in [1.29, 1.82) is 0 Å². The van der Waals surface area contributed by atoms with E-state index in [1.807, 2.05) is 36.4 Å². The third-order valence-electron chi connectivity index (χ3n) is 6.42. The molecule has 1 fully saturated rings. The number of benzene rings is 3. The van der Waals surface area contributed by atoms with Crippen molar-refractivity contribution in [3.05, 3.63) is 66.2 Å². The van der Waals surface area contributed by atoms with E-state index in [0.717, 1.165) is 21.1 Å². The van der Waals surface area contributed by atoms with Crippen molar-refractivity contribution in [2.45, 2.75) is 33.1 Å². The van der Waals surface area contributed by atoms with Gasteiger partial charge in [-0.05, 0) is 77.2 Å². The third kappa shape index (κ3) is 4.55. The molecular weight excluding hydrogens is 502 g/mol. The van der Waals surface area contributed by atoms with Gasteiger partial charge in [0.1, 0.15) is 16.4 Å². The van der Waals surface area contributed by atoms with Gasteiger partial charge >= 0.3 is 0 Å². The van der Waals surface area contributed by atoms with Crippen LogP contribution in [0, 0.1) is 0 Å². The Morgan fingerprint density at radius 1 is 0.889 bits per heavy atom. The Bertz CT molecular complexity index is 1460. The van der Waals surface area contributed by atoms with Crippen LogP contribution in [-0.2, 0) is 15.6 Å². The minimum absolute atomic E-state index is 0.0349. The summed E-state index contributed by atoms with van der Waals surface area (Å²) in [5, 5.41) is 19.1. The monoisotopic (exact) mass is 527 g/mol. The molecule has 0 bridgehead atoms. The first-order valence-corrected chi connectivity index (χ1v) is 13.5. The van der Waals surface area contributed by atoms with Gasteiger partial charge in [-0.25, -0.2) is 13.0 Å². The molecule has 0 atom stereocenters. The normalized spacial score (nSPS) is 16.2. The Hall–Kier alpha value is -3.12. The van der Waals surface area contributed by atoms with Crippen molar-refractivity contribution in [1.82, 2.24) is 14.6 Å². The van der Waals surface area contributed by atoms with Crippen LogP contribution < -0.4 is 9.47 Å². The Kier molecular flexibility index (Phi) is 6.64. The zero-order chi connectivity index (χ0) is 25.3. The summed E-state index contributed by atoms with van der Waals surface area (Å²) in [6, 6.07) is 18.0. The van der Waals surface area contributed by atoms with Crippen LogP contribution >= 0.6 is 11.8 Å². The molecular formula is C25H25N3O6S2. The van der Waals surface area contributed by atoms with E-state index in [4.69, 9.17) is 14.1 Å². The molecule has 0 radical (unpaired) electrons. The molecule has 1 aliphatic rings. The predicted molar refractivity (Wildman–Crippen MR) is 134 cm³/mol. The van der Waals surface area contributed by atoms with Gasteiger partial charge in [0.05, 0.1) is 19.8 Å². The van der Waals surface area contributed by atoms with Crippen molar-refractivity contribution in [2.24, 2.45) is 0 Å². The van der Waals surface area contributed by atoms with Crippen LogP contribution in [0.15, 0.2) is 80.0 Å². The molecule has 9 nitrogen and oxygen atoms in total. The fourth-order valence-corrected chi connectivity index (χ4v) is 6.76. The molecule has 1 N–H and O–H groups in total. The van der Waals surface area contributed by atoms with E-state index in [9.17, 15) is 13.5 Å². The molecule has 0 unspecified atom stereocenters. The number of aliphatic hydroxyl groups is 1. The molecule has 2 heterocycles. The van der Waals surface area contributed by atoms with Crippen LogP contribution in [0.2, 0.25) is 0 Å². The van der Waals surface area contributed by atoms with Crippen LogP contribution in [0.1, 0.15) is 18.4 Å². The van der Waals surface area contributed by atoms with Gasteiger partial charge < -0.3 is 14.6 Å². The van der Waals surface area contributed by atoms with Gasteiger partial charge in [0.2, 0.25) is 10.0 Å². The Morgan fingerprint density at radius 3 is 2.08 bits per heavy atom. The van der Waals surface area contributed by atoms with Gasteiger partial charge in [-0.15, -0.1) is 0 Å². The summed E-state index contributed by atoms with van der Waals surface area (Å²) in [5.74, 6) is 1.44. The Labute approximate surface area is 213 Å². The second-order valence-corrected chi connectivity index (χ2v) is 11.5. The number of hydrogen-bond donors (Lipinski definition) is 1. The number of fused-ring (bicyclic) bond motifs is 1. The summed E-state index contributed by atoms with van der Waals surface area (Å²) in [7, 11) is -0.699. The number of piperidine rings is 1.